The standard InChI is InChI=1S/C28H42ClNO6S/c1-7-9-19-25(33)16(2)10-8-11-28(6)23(36-28)13-21(20(29)12-18-15-37-17(3)30-18)35-24(32)14-22(31)27(4,5)26(19)34/h12,15-16,19,21-23,25,31,33H,7-11,13-14H2,1-6H3/b20-12-/t16-,19-,21+,22-,23?,25+,28?/m1/s1. The third-order valence-electron chi connectivity index (χ3n) is 8.06. The highest BCUT2D eigenvalue weighted by Crippen LogP contribution is 2.45. The van der Waals surface area contributed by atoms with Gasteiger partial charge in [-0.1, -0.05) is 52.1 Å². The van der Waals surface area contributed by atoms with Crippen molar-refractivity contribution in [3.05, 3.63) is 21.1 Å². The van der Waals surface area contributed by atoms with Crippen molar-refractivity contribution in [3.8, 4) is 0 Å². The predicted molar refractivity (Wildman–Crippen MR) is 145 cm³/mol. The van der Waals surface area contributed by atoms with Crippen LogP contribution < -0.4 is 0 Å². The van der Waals surface area contributed by atoms with Gasteiger partial charge in [-0.05, 0) is 45.1 Å². The number of carbonyl (C=O) groups is 2. The molecule has 7 nitrogen and oxygen atoms in total. The number of thiazole rings is 1. The lowest BCUT2D eigenvalue weighted by Crippen LogP contribution is -2.46. The van der Waals surface area contributed by atoms with Crippen LogP contribution >= 0.6 is 22.9 Å². The van der Waals surface area contributed by atoms with Gasteiger partial charge in [0.2, 0.25) is 0 Å². The van der Waals surface area contributed by atoms with Gasteiger partial charge in [0.1, 0.15) is 11.9 Å². The topological polar surface area (TPSA) is 109 Å². The first-order chi connectivity index (χ1) is 17.3. The molecule has 0 radical (unpaired) electrons. The molecule has 2 saturated heterocycles. The normalized spacial score (nSPS) is 36.1. The molecule has 0 aliphatic carbocycles. The Labute approximate surface area is 229 Å². The summed E-state index contributed by atoms with van der Waals surface area (Å²) >= 11 is 8.15. The third-order valence-corrected chi connectivity index (χ3v) is 9.20. The van der Waals surface area contributed by atoms with Crippen molar-refractivity contribution < 1.29 is 29.3 Å². The number of epoxide rings is 1. The number of esters is 1. The molecule has 0 spiro atoms. The van der Waals surface area contributed by atoms with Crippen molar-refractivity contribution in [1.29, 1.82) is 0 Å². The SMILES string of the molecule is CCC[C@H]1C(=O)C(C)(C)[C@H](O)CC(=O)O[C@H](/C(Cl)=C/c2csc(C)n2)CC2OC2(C)CCC[C@@H](C)[C@@H]1O. The van der Waals surface area contributed by atoms with Crippen molar-refractivity contribution in [2.75, 3.05) is 0 Å². The van der Waals surface area contributed by atoms with Crippen LogP contribution in [-0.2, 0) is 19.1 Å². The zero-order valence-electron chi connectivity index (χ0n) is 22.8. The lowest BCUT2D eigenvalue weighted by Gasteiger charge is -2.36. The summed E-state index contributed by atoms with van der Waals surface area (Å²) in [6.07, 6.45) is 2.38. The highest BCUT2D eigenvalue weighted by Gasteiger charge is 2.53. The summed E-state index contributed by atoms with van der Waals surface area (Å²) in [7, 11) is 0. The number of nitrogens with zero attached hydrogens (tertiary/aromatic N) is 1. The maximum atomic E-state index is 13.6. The van der Waals surface area contributed by atoms with Gasteiger partial charge in [0.25, 0.3) is 0 Å². The van der Waals surface area contributed by atoms with Gasteiger partial charge in [0.05, 0.1) is 51.5 Å². The van der Waals surface area contributed by atoms with Crippen LogP contribution in [0.15, 0.2) is 10.4 Å². The Morgan fingerprint density at radius 3 is 2.62 bits per heavy atom. The minimum absolute atomic E-state index is 0.0844. The molecule has 2 N–H and O–H groups in total. The van der Waals surface area contributed by atoms with Crippen LogP contribution in [0.2, 0.25) is 0 Å². The van der Waals surface area contributed by atoms with Crippen LogP contribution in [0.25, 0.3) is 6.08 Å². The van der Waals surface area contributed by atoms with E-state index in [0.717, 1.165) is 30.7 Å². The molecule has 0 bridgehead atoms. The van der Waals surface area contributed by atoms with Crippen LogP contribution in [0.3, 0.4) is 0 Å². The van der Waals surface area contributed by atoms with Crippen LogP contribution in [0, 0.1) is 24.2 Å². The van der Waals surface area contributed by atoms with E-state index in [1.54, 1.807) is 19.9 Å². The number of fused-ring (bicyclic) bond motifs is 1. The molecule has 0 aromatic carbocycles. The van der Waals surface area contributed by atoms with Gasteiger partial charge in [-0.3, -0.25) is 9.59 Å². The van der Waals surface area contributed by atoms with E-state index < -0.39 is 35.6 Å². The number of halogens is 1. The number of hydrogen-bond acceptors (Lipinski definition) is 8. The van der Waals surface area contributed by atoms with E-state index in [4.69, 9.17) is 21.1 Å². The highest BCUT2D eigenvalue weighted by molar-refractivity contribution is 7.09. The van der Waals surface area contributed by atoms with E-state index in [1.165, 1.54) is 11.3 Å². The van der Waals surface area contributed by atoms with Crippen LogP contribution in [-0.4, -0.2) is 57.0 Å². The van der Waals surface area contributed by atoms with Gasteiger partial charge in [-0.25, -0.2) is 4.98 Å². The highest BCUT2D eigenvalue weighted by atomic mass is 35.5. The average Bonchev–Trinajstić information content (AvgIpc) is 3.27. The average molecular weight is 556 g/mol. The Balaban J connectivity index is 1.88. The summed E-state index contributed by atoms with van der Waals surface area (Å²) in [5.41, 5.74) is -0.903. The van der Waals surface area contributed by atoms with Gasteiger partial charge in [-0.2, -0.15) is 0 Å². The summed E-state index contributed by atoms with van der Waals surface area (Å²) in [5, 5.41) is 25.3. The molecule has 2 unspecified atom stereocenters. The summed E-state index contributed by atoms with van der Waals surface area (Å²) < 4.78 is 11.8. The largest absolute Gasteiger partial charge is 0.456 e. The van der Waals surface area contributed by atoms with Crippen LogP contribution in [0.1, 0.15) is 90.3 Å². The van der Waals surface area contributed by atoms with Gasteiger partial charge in [0, 0.05) is 17.7 Å². The van der Waals surface area contributed by atoms with Crippen molar-refractivity contribution in [2.45, 2.75) is 117 Å². The van der Waals surface area contributed by atoms with Gasteiger partial charge in [-0.15, -0.1) is 11.3 Å². The van der Waals surface area contributed by atoms with Gasteiger partial charge >= 0.3 is 5.97 Å². The number of rotatable bonds is 4. The number of cyclic esters (lactones) is 1. The molecule has 9 heteroatoms. The molecule has 1 aromatic heterocycles. The zero-order valence-corrected chi connectivity index (χ0v) is 24.4. The van der Waals surface area contributed by atoms with E-state index in [9.17, 15) is 19.8 Å². The first kappa shape index (κ1) is 30.2. The molecule has 0 amide bonds. The molecule has 208 valence electrons. The van der Waals surface area contributed by atoms with Crippen LogP contribution in [0.5, 0.6) is 0 Å². The Morgan fingerprint density at radius 1 is 1.30 bits per heavy atom. The molecule has 1 aromatic rings. The predicted octanol–water partition coefficient (Wildman–Crippen LogP) is 5.43. The van der Waals surface area contributed by atoms with Gasteiger partial charge < -0.3 is 19.7 Å². The minimum atomic E-state index is -1.27. The molecule has 2 fully saturated rings. The second-order valence-corrected chi connectivity index (χ2v) is 13.0. The van der Waals surface area contributed by atoms with Crippen LogP contribution in [0.4, 0.5) is 0 Å². The molecule has 7 atom stereocenters. The Morgan fingerprint density at radius 2 is 2.00 bits per heavy atom. The molecule has 3 heterocycles. The fraction of sp³-hybridized carbons (Fsp3) is 0.750. The zero-order chi connectivity index (χ0) is 27.5. The van der Waals surface area contributed by atoms with E-state index in [0.29, 0.717) is 23.6 Å². The number of aliphatic hydroxyl groups excluding tert-OH is 2. The maximum absolute atomic E-state index is 13.6. The monoisotopic (exact) mass is 555 g/mol. The minimum Gasteiger partial charge on any atom is -0.456 e. The lowest BCUT2D eigenvalue weighted by atomic mass is 9.71. The number of aromatic nitrogens is 1. The van der Waals surface area contributed by atoms with Gasteiger partial charge in [0.15, 0.2) is 0 Å². The smallest absolute Gasteiger partial charge is 0.309 e. The molecule has 2 aliphatic heterocycles. The molecule has 3 rings (SSSR count). The number of ether oxygens (including phenoxy) is 2. The Hall–Kier alpha value is -1.32. The van der Waals surface area contributed by atoms with Crippen molar-refractivity contribution in [3.63, 3.8) is 0 Å². The van der Waals surface area contributed by atoms with E-state index in [-0.39, 0.29) is 29.8 Å². The number of hydrogen-bond donors (Lipinski definition) is 2. The third kappa shape index (κ3) is 7.41. The summed E-state index contributed by atoms with van der Waals surface area (Å²) in [5.74, 6) is -1.57. The number of aryl methyl sites for hydroxylation is 1. The van der Waals surface area contributed by atoms with E-state index in [2.05, 4.69) is 4.98 Å². The number of ketones is 1. The van der Waals surface area contributed by atoms with E-state index in [1.807, 2.05) is 33.1 Å². The quantitative estimate of drug-likeness (QED) is 0.376. The summed E-state index contributed by atoms with van der Waals surface area (Å²) in [6, 6.07) is 0. The number of Topliss-reactive ketones (excluding diaryl/α,β-unsaturated/α-hetero) is 1. The number of aliphatic hydroxyl groups is 2. The fourth-order valence-electron chi connectivity index (χ4n) is 5.27. The van der Waals surface area contributed by atoms with E-state index >= 15 is 0 Å². The summed E-state index contributed by atoms with van der Waals surface area (Å²) in [4.78, 5) is 31.0. The first-order valence-corrected chi connectivity index (χ1v) is 14.6. The Kier molecular flexibility index (Phi) is 10.0. The van der Waals surface area contributed by atoms with Crippen molar-refractivity contribution in [1.82, 2.24) is 4.98 Å². The lowest BCUT2D eigenvalue weighted by molar-refractivity contribution is -0.154. The fourth-order valence-corrected chi connectivity index (χ4v) is 6.09. The van der Waals surface area contributed by atoms with Crippen molar-refractivity contribution in [2.24, 2.45) is 17.3 Å². The summed E-state index contributed by atoms with van der Waals surface area (Å²) in [6.45, 7) is 11.2. The second kappa shape index (κ2) is 12.2. The molecule has 37 heavy (non-hydrogen) atoms. The Bertz CT molecular complexity index is 993. The number of carbonyl (C=O) groups excluding carboxylic acids is 2. The van der Waals surface area contributed by atoms with Crippen molar-refractivity contribution >= 4 is 40.8 Å². The first-order valence-electron chi connectivity index (χ1n) is 13.4. The molecular formula is C28H42ClNO6S. The molecule has 2 aliphatic rings. The second-order valence-electron chi connectivity index (χ2n) is 11.5. The molecular weight excluding hydrogens is 514 g/mol. The molecule has 0 saturated carbocycles. The maximum Gasteiger partial charge on any atom is 0.309 e.